The van der Waals surface area contributed by atoms with Gasteiger partial charge in [-0.2, -0.15) is 0 Å². The number of carbonyl (C=O) groups is 2. The Morgan fingerprint density at radius 1 is 0.925 bits per heavy atom. The topological polar surface area (TPSA) is 122 Å². The predicted octanol–water partition coefficient (Wildman–Crippen LogP) is 7.74. The summed E-state index contributed by atoms with van der Waals surface area (Å²) in [6.07, 6.45) is 1.57. The second kappa shape index (κ2) is 16.5. The molecule has 0 aliphatic carbocycles. The minimum atomic E-state index is -1.14. The Bertz CT molecular complexity index is 2000. The highest BCUT2D eigenvalue weighted by Gasteiger charge is 2.50. The van der Waals surface area contributed by atoms with E-state index in [2.05, 4.69) is 36.4 Å². The summed E-state index contributed by atoms with van der Waals surface area (Å²) in [5.74, 6) is -1.04. The molecule has 9 nitrogen and oxygen atoms in total. The van der Waals surface area contributed by atoms with Crippen molar-refractivity contribution in [2.24, 2.45) is 5.92 Å². The molecule has 9 heteroatoms. The third kappa shape index (κ3) is 8.74. The van der Waals surface area contributed by atoms with E-state index in [1.54, 1.807) is 32.0 Å². The first kappa shape index (κ1) is 38.0. The summed E-state index contributed by atoms with van der Waals surface area (Å²) in [6, 6.07) is 23.9. The Morgan fingerprint density at radius 3 is 2.36 bits per heavy atom. The number of hydrogen-bond acceptors (Lipinski definition) is 9. The van der Waals surface area contributed by atoms with Gasteiger partial charge in [0.2, 0.25) is 0 Å². The summed E-state index contributed by atoms with van der Waals surface area (Å²) in [5.41, 5.74) is 3.94. The van der Waals surface area contributed by atoms with E-state index in [0.717, 1.165) is 29.5 Å². The van der Waals surface area contributed by atoms with Crippen molar-refractivity contribution in [1.82, 2.24) is 0 Å². The van der Waals surface area contributed by atoms with Crippen LogP contribution in [-0.4, -0.2) is 49.1 Å². The maximum absolute atomic E-state index is 14.2. The van der Waals surface area contributed by atoms with Gasteiger partial charge in [-0.15, -0.1) is 0 Å². The molecule has 4 aromatic rings. The summed E-state index contributed by atoms with van der Waals surface area (Å²) in [5, 5.41) is 10.3. The van der Waals surface area contributed by atoms with Crippen molar-refractivity contribution in [2.45, 2.75) is 96.4 Å². The molecular weight excluding hydrogens is 672 g/mol. The fraction of sp³-hybridized carbons (Fsp3) is 0.432. The maximum Gasteiger partial charge on any atom is 0.339 e. The van der Waals surface area contributed by atoms with E-state index in [1.807, 2.05) is 32.0 Å². The zero-order valence-corrected chi connectivity index (χ0v) is 31.3. The van der Waals surface area contributed by atoms with Gasteiger partial charge < -0.3 is 28.5 Å². The SMILES string of the molecule is COC[C@@H](CCO)c1cc2ccc3c(c2oc1=O)[C@H]1OC(=O)C[C@@H](CCc2ccccc2)Cc2ccc(cc2)CCC(=C(C)C)C(=O)O[C@@H]1C(C)(C)O3. The third-order valence-electron chi connectivity index (χ3n) is 10.5. The normalized spacial score (nSPS) is 20.9. The number of allylic oxidation sites excluding steroid dienone is 1. The van der Waals surface area contributed by atoms with Crippen LogP contribution >= 0.6 is 0 Å². The van der Waals surface area contributed by atoms with Crippen molar-refractivity contribution in [3.63, 3.8) is 0 Å². The number of benzene rings is 3. The number of carbonyl (C=O) groups excluding carboxylic acids is 2. The number of fused-ring (bicyclic) bond motifs is 13. The molecule has 0 fully saturated rings. The molecule has 1 aromatic heterocycles. The van der Waals surface area contributed by atoms with Crippen LogP contribution in [0.25, 0.3) is 11.0 Å². The van der Waals surface area contributed by atoms with Gasteiger partial charge in [-0.05, 0) is 107 Å². The number of methoxy groups -OCH3 is 1. The Balaban J connectivity index is 1.45. The van der Waals surface area contributed by atoms with Crippen LogP contribution in [0.4, 0.5) is 0 Å². The Morgan fingerprint density at radius 2 is 1.66 bits per heavy atom. The largest absolute Gasteiger partial charge is 0.483 e. The molecular formula is C44H50O9. The number of aliphatic hydroxyl groups is 1. The Hall–Kier alpha value is -4.73. The zero-order valence-electron chi connectivity index (χ0n) is 31.3. The van der Waals surface area contributed by atoms with Gasteiger partial charge >= 0.3 is 17.6 Å². The van der Waals surface area contributed by atoms with E-state index in [-0.39, 0.29) is 31.1 Å². The van der Waals surface area contributed by atoms with Crippen LogP contribution in [0.1, 0.15) is 93.2 Å². The van der Waals surface area contributed by atoms with E-state index >= 15 is 0 Å². The van der Waals surface area contributed by atoms with Crippen molar-refractivity contribution in [3.8, 4) is 5.75 Å². The molecule has 2 bridgehead atoms. The van der Waals surface area contributed by atoms with Gasteiger partial charge in [0, 0.05) is 42.6 Å². The number of aliphatic hydroxyl groups excluding tert-OH is 1. The molecule has 3 aliphatic rings. The fourth-order valence-corrected chi connectivity index (χ4v) is 7.62. The summed E-state index contributed by atoms with van der Waals surface area (Å²) in [4.78, 5) is 41.9. The summed E-state index contributed by atoms with van der Waals surface area (Å²) in [7, 11) is 1.54. The minimum absolute atomic E-state index is 0.0377. The van der Waals surface area contributed by atoms with Gasteiger partial charge in [0.05, 0.1) is 12.2 Å². The smallest absolute Gasteiger partial charge is 0.339 e. The van der Waals surface area contributed by atoms with E-state index in [4.69, 9.17) is 23.4 Å². The lowest BCUT2D eigenvalue weighted by Gasteiger charge is -2.43. The third-order valence-corrected chi connectivity index (χ3v) is 10.5. The first-order chi connectivity index (χ1) is 25.5. The molecule has 0 saturated heterocycles. The van der Waals surface area contributed by atoms with Crippen molar-refractivity contribution in [3.05, 3.63) is 122 Å². The van der Waals surface area contributed by atoms with Crippen molar-refractivity contribution >= 4 is 22.9 Å². The Kier molecular flexibility index (Phi) is 11.8. The number of aryl methyl sites for hydroxylation is 2. The lowest BCUT2D eigenvalue weighted by atomic mass is 9.86. The van der Waals surface area contributed by atoms with Crippen LogP contribution < -0.4 is 10.4 Å². The average molecular weight is 723 g/mol. The number of esters is 2. The summed E-state index contributed by atoms with van der Waals surface area (Å²) in [6.45, 7) is 7.46. The maximum atomic E-state index is 14.2. The molecule has 0 saturated carbocycles. The minimum Gasteiger partial charge on any atom is -0.483 e. The molecule has 0 radical (unpaired) electrons. The van der Waals surface area contributed by atoms with E-state index < -0.39 is 41.3 Å². The molecule has 3 aliphatic heterocycles. The zero-order chi connectivity index (χ0) is 37.7. The Labute approximate surface area is 310 Å². The molecule has 0 spiro atoms. The van der Waals surface area contributed by atoms with Crippen LogP contribution in [0.3, 0.4) is 0 Å². The highest BCUT2D eigenvalue weighted by Crippen LogP contribution is 2.47. The van der Waals surface area contributed by atoms with Gasteiger partial charge in [0.1, 0.15) is 16.9 Å². The average Bonchev–Trinajstić information content (AvgIpc) is 3.12. The quantitative estimate of drug-likeness (QED) is 0.111. The first-order valence-electron chi connectivity index (χ1n) is 18.6. The monoisotopic (exact) mass is 722 g/mol. The molecule has 53 heavy (non-hydrogen) atoms. The molecule has 4 heterocycles. The molecule has 1 N–H and O–H groups in total. The number of rotatable bonds is 8. The van der Waals surface area contributed by atoms with Gasteiger partial charge in [-0.3, -0.25) is 4.79 Å². The second-order valence-electron chi connectivity index (χ2n) is 15.1. The van der Waals surface area contributed by atoms with Crippen LogP contribution in [-0.2, 0) is 43.1 Å². The molecule has 280 valence electrons. The molecule has 4 atom stereocenters. The van der Waals surface area contributed by atoms with Gasteiger partial charge in [-0.25, -0.2) is 9.59 Å². The van der Waals surface area contributed by atoms with E-state index in [9.17, 15) is 19.5 Å². The first-order valence-corrected chi connectivity index (χ1v) is 18.6. The molecule has 3 aromatic carbocycles. The summed E-state index contributed by atoms with van der Waals surface area (Å²) < 4.78 is 30.7. The van der Waals surface area contributed by atoms with Crippen molar-refractivity contribution in [1.29, 1.82) is 0 Å². The molecule has 7 rings (SSSR count). The molecule has 0 amide bonds. The highest BCUT2D eigenvalue weighted by molar-refractivity contribution is 5.90. The predicted molar refractivity (Wildman–Crippen MR) is 202 cm³/mol. The van der Waals surface area contributed by atoms with Crippen LogP contribution in [0.2, 0.25) is 0 Å². The number of hydrogen-bond donors (Lipinski definition) is 1. The number of ether oxygens (including phenoxy) is 4. The van der Waals surface area contributed by atoms with Gasteiger partial charge in [0.15, 0.2) is 12.2 Å². The van der Waals surface area contributed by atoms with Crippen LogP contribution in [0.5, 0.6) is 5.75 Å². The van der Waals surface area contributed by atoms with Crippen molar-refractivity contribution < 1.29 is 38.1 Å². The second-order valence-corrected chi connectivity index (χ2v) is 15.1. The lowest BCUT2D eigenvalue weighted by molar-refractivity contribution is -0.188. The van der Waals surface area contributed by atoms with Gasteiger partial charge in [0.25, 0.3) is 0 Å². The van der Waals surface area contributed by atoms with E-state index in [0.29, 0.717) is 53.5 Å². The standard InChI is InChI=1S/C44H50O9/c1-27(2)34-19-17-29-11-14-30(15-12-29)23-31(16-13-28-9-7-6-8-10-28)24-37(46)50-40-38-36(53-44(3,4)41(40)52-42(34)47)20-18-32-25-35(43(48)51-39(32)38)33(21-22-45)26-49-5/h6-12,14-15,18,20,25,31,33,40-41,45H,13,16-17,19,21-24,26H2,1-5H3/t31-,33+,40+,41-/m0/s1. The van der Waals surface area contributed by atoms with E-state index in [1.165, 1.54) is 12.7 Å². The van der Waals surface area contributed by atoms with Gasteiger partial charge in [-0.1, -0.05) is 60.2 Å². The van der Waals surface area contributed by atoms with Crippen molar-refractivity contribution in [2.75, 3.05) is 20.3 Å². The highest BCUT2D eigenvalue weighted by atomic mass is 16.6. The van der Waals surface area contributed by atoms with Crippen LogP contribution in [0.15, 0.2) is 93.2 Å². The van der Waals surface area contributed by atoms with Crippen LogP contribution in [0, 0.1) is 5.92 Å². The lowest BCUT2D eigenvalue weighted by Crippen LogP contribution is -2.52. The summed E-state index contributed by atoms with van der Waals surface area (Å²) >= 11 is 0. The fourth-order valence-electron chi connectivity index (χ4n) is 7.62. The molecule has 0 unspecified atom stereocenters.